The van der Waals surface area contributed by atoms with Gasteiger partial charge in [0.1, 0.15) is 17.3 Å². The normalized spacial score (nSPS) is 10.4. The van der Waals surface area contributed by atoms with Gasteiger partial charge in [0.05, 0.1) is 6.54 Å². The highest BCUT2D eigenvalue weighted by Gasteiger charge is 2.04. The molecule has 21 heavy (non-hydrogen) atoms. The van der Waals surface area contributed by atoms with Crippen molar-refractivity contribution in [2.75, 3.05) is 6.54 Å². The van der Waals surface area contributed by atoms with Crippen molar-refractivity contribution in [3.05, 3.63) is 48.0 Å². The summed E-state index contributed by atoms with van der Waals surface area (Å²) in [4.78, 5) is 0. The summed E-state index contributed by atoms with van der Waals surface area (Å²) in [6.07, 6.45) is 5.05. The van der Waals surface area contributed by atoms with Crippen molar-refractivity contribution in [1.82, 2.24) is 5.32 Å². The van der Waals surface area contributed by atoms with Crippen LogP contribution in [0.3, 0.4) is 0 Å². The third-order valence-corrected chi connectivity index (χ3v) is 3.30. The molecule has 0 radical (unpaired) electrons. The third kappa shape index (κ3) is 5.90. The van der Waals surface area contributed by atoms with E-state index in [2.05, 4.69) is 12.2 Å². The number of nitrogens with one attached hydrogen (secondary N) is 1. The second kappa shape index (κ2) is 9.59. The Hall–Kier alpha value is -1.32. The summed E-state index contributed by atoms with van der Waals surface area (Å²) in [5, 5.41) is 3.38. The number of rotatable bonds is 8. The van der Waals surface area contributed by atoms with Crippen LogP contribution >= 0.6 is 12.4 Å². The van der Waals surface area contributed by atoms with Crippen LogP contribution in [0.1, 0.15) is 38.4 Å². The van der Waals surface area contributed by atoms with Gasteiger partial charge in [-0.05, 0) is 49.4 Å². The summed E-state index contributed by atoms with van der Waals surface area (Å²) in [6.45, 7) is 3.98. The van der Waals surface area contributed by atoms with Crippen molar-refractivity contribution >= 4 is 12.4 Å². The van der Waals surface area contributed by atoms with E-state index in [-0.39, 0.29) is 18.2 Å². The fourth-order valence-corrected chi connectivity index (χ4v) is 2.13. The first kappa shape index (κ1) is 17.7. The monoisotopic (exact) mass is 311 g/mol. The summed E-state index contributed by atoms with van der Waals surface area (Å²) in [7, 11) is 0. The minimum Gasteiger partial charge on any atom is -0.460 e. The van der Waals surface area contributed by atoms with Gasteiger partial charge in [-0.2, -0.15) is 0 Å². The van der Waals surface area contributed by atoms with Crippen LogP contribution in [-0.4, -0.2) is 6.54 Å². The average Bonchev–Trinajstić information content (AvgIpc) is 2.92. The van der Waals surface area contributed by atoms with E-state index in [1.807, 2.05) is 12.1 Å². The molecule has 0 aliphatic carbocycles. The van der Waals surface area contributed by atoms with Crippen molar-refractivity contribution in [2.45, 2.75) is 39.2 Å². The smallest absolute Gasteiger partial charge is 0.134 e. The zero-order chi connectivity index (χ0) is 14.2. The maximum absolute atomic E-state index is 12.9. The quantitative estimate of drug-likeness (QED) is 0.680. The molecule has 0 spiro atoms. The summed E-state index contributed by atoms with van der Waals surface area (Å²) < 4.78 is 18.6. The van der Waals surface area contributed by atoms with E-state index in [9.17, 15) is 4.39 Å². The van der Waals surface area contributed by atoms with Crippen molar-refractivity contribution in [1.29, 1.82) is 0 Å². The van der Waals surface area contributed by atoms with E-state index < -0.39 is 0 Å². The molecule has 1 aromatic heterocycles. The SMILES string of the molecule is CCCCCCNCc1ccc(-c2ccc(F)cc2)o1.Cl. The average molecular weight is 312 g/mol. The second-order valence-electron chi connectivity index (χ2n) is 5.01. The van der Waals surface area contributed by atoms with Crippen LogP contribution < -0.4 is 5.32 Å². The standard InChI is InChI=1S/C17H22FNO.ClH/c1-2-3-4-5-12-19-13-16-10-11-17(20-16)14-6-8-15(18)9-7-14;/h6-11,19H,2-5,12-13H2,1H3;1H. The molecule has 0 saturated heterocycles. The summed E-state index contributed by atoms with van der Waals surface area (Å²) >= 11 is 0. The third-order valence-electron chi connectivity index (χ3n) is 3.30. The molecule has 0 aliphatic rings. The molecule has 0 saturated carbocycles. The van der Waals surface area contributed by atoms with Crippen molar-refractivity contribution < 1.29 is 8.81 Å². The zero-order valence-corrected chi connectivity index (χ0v) is 13.2. The molecule has 2 rings (SSSR count). The molecule has 1 N–H and O–H groups in total. The molecule has 0 aliphatic heterocycles. The number of benzene rings is 1. The highest BCUT2D eigenvalue weighted by atomic mass is 35.5. The molecular formula is C17H23ClFNO. The molecule has 0 fully saturated rings. The first-order chi connectivity index (χ1) is 9.79. The van der Waals surface area contributed by atoms with Gasteiger partial charge < -0.3 is 9.73 Å². The molecule has 4 heteroatoms. The lowest BCUT2D eigenvalue weighted by Crippen LogP contribution is -2.14. The van der Waals surface area contributed by atoms with Gasteiger partial charge in [0.2, 0.25) is 0 Å². The topological polar surface area (TPSA) is 25.2 Å². The highest BCUT2D eigenvalue weighted by molar-refractivity contribution is 5.85. The predicted molar refractivity (Wildman–Crippen MR) is 87.2 cm³/mol. The van der Waals surface area contributed by atoms with Gasteiger partial charge in [0, 0.05) is 5.56 Å². The van der Waals surface area contributed by atoms with Gasteiger partial charge in [-0.3, -0.25) is 0 Å². The first-order valence-electron chi connectivity index (χ1n) is 7.35. The largest absolute Gasteiger partial charge is 0.460 e. The fraction of sp³-hybridized carbons (Fsp3) is 0.412. The van der Waals surface area contributed by atoms with Crippen LogP contribution in [0.4, 0.5) is 4.39 Å². The minimum atomic E-state index is -0.228. The zero-order valence-electron chi connectivity index (χ0n) is 12.4. The Labute approximate surface area is 132 Å². The maximum Gasteiger partial charge on any atom is 0.134 e. The van der Waals surface area contributed by atoms with Gasteiger partial charge >= 0.3 is 0 Å². The van der Waals surface area contributed by atoms with E-state index in [1.54, 1.807) is 12.1 Å². The Morgan fingerprint density at radius 3 is 2.48 bits per heavy atom. The molecule has 0 atom stereocenters. The molecule has 0 bridgehead atoms. The number of furan rings is 1. The van der Waals surface area contributed by atoms with Crippen molar-refractivity contribution in [3.63, 3.8) is 0 Å². The van der Waals surface area contributed by atoms with Gasteiger partial charge in [-0.25, -0.2) is 4.39 Å². The lowest BCUT2D eigenvalue weighted by Gasteiger charge is -2.02. The van der Waals surface area contributed by atoms with Crippen LogP contribution in [0.2, 0.25) is 0 Å². The van der Waals surface area contributed by atoms with Crippen LogP contribution in [0.25, 0.3) is 11.3 Å². The lowest BCUT2D eigenvalue weighted by atomic mass is 10.2. The molecule has 1 heterocycles. The second-order valence-corrected chi connectivity index (χ2v) is 5.01. The number of halogens is 2. The predicted octanol–water partition coefficient (Wildman–Crippen LogP) is 5.18. The molecule has 1 aromatic carbocycles. The Morgan fingerprint density at radius 1 is 1.00 bits per heavy atom. The number of unbranched alkanes of at least 4 members (excludes halogenated alkanes) is 3. The molecule has 116 valence electrons. The van der Waals surface area contributed by atoms with Gasteiger partial charge in [0.15, 0.2) is 0 Å². The van der Waals surface area contributed by atoms with Crippen molar-refractivity contribution in [3.8, 4) is 11.3 Å². The lowest BCUT2D eigenvalue weighted by molar-refractivity contribution is 0.487. The summed E-state index contributed by atoms with van der Waals surface area (Å²) in [5.41, 5.74) is 0.903. The Morgan fingerprint density at radius 2 is 1.76 bits per heavy atom. The van der Waals surface area contributed by atoms with Crippen LogP contribution in [-0.2, 0) is 6.54 Å². The highest BCUT2D eigenvalue weighted by Crippen LogP contribution is 2.22. The molecule has 0 amide bonds. The van der Waals surface area contributed by atoms with Gasteiger partial charge in [-0.1, -0.05) is 26.2 Å². The molecule has 0 unspecified atom stereocenters. The van der Waals surface area contributed by atoms with Crippen molar-refractivity contribution in [2.24, 2.45) is 0 Å². The first-order valence-corrected chi connectivity index (χ1v) is 7.35. The van der Waals surface area contributed by atoms with E-state index in [0.29, 0.717) is 0 Å². The van der Waals surface area contributed by atoms with Gasteiger partial charge in [-0.15, -0.1) is 12.4 Å². The minimum absolute atomic E-state index is 0. The molecular weight excluding hydrogens is 289 g/mol. The van der Waals surface area contributed by atoms with Crippen LogP contribution in [0.5, 0.6) is 0 Å². The maximum atomic E-state index is 12.9. The Bertz CT molecular complexity index is 510. The van der Waals surface area contributed by atoms with E-state index in [1.165, 1.54) is 37.8 Å². The number of hydrogen-bond donors (Lipinski definition) is 1. The molecule has 2 aromatic rings. The van der Waals surface area contributed by atoms with E-state index in [4.69, 9.17) is 4.42 Å². The van der Waals surface area contributed by atoms with Crippen LogP contribution in [0.15, 0.2) is 40.8 Å². The Kier molecular flexibility index (Phi) is 8.09. The van der Waals surface area contributed by atoms with Gasteiger partial charge in [0.25, 0.3) is 0 Å². The Balaban J connectivity index is 0.00000220. The van der Waals surface area contributed by atoms with E-state index in [0.717, 1.165) is 30.2 Å². The van der Waals surface area contributed by atoms with Crippen LogP contribution in [0, 0.1) is 5.82 Å². The fourth-order valence-electron chi connectivity index (χ4n) is 2.13. The summed E-state index contributed by atoms with van der Waals surface area (Å²) in [5.74, 6) is 1.47. The summed E-state index contributed by atoms with van der Waals surface area (Å²) in [6, 6.07) is 10.3. The molecule has 2 nitrogen and oxygen atoms in total. The van der Waals surface area contributed by atoms with E-state index >= 15 is 0 Å². The number of hydrogen-bond acceptors (Lipinski definition) is 2.